The zero-order valence-electron chi connectivity index (χ0n) is 18.2. The zero-order chi connectivity index (χ0) is 25.4. The molecular formula is C25H15Br2FN2O6. The first-order valence-corrected chi connectivity index (χ1v) is 12.1. The predicted molar refractivity (Wildman–Crippen MR) is 134 cm³/mol. The van der Waals surface area contributed by atoms with Crippen LogP contribution in [0.25, 0.3) is 6.08 Å². The van der Waals surface area contributed by atoms with E-state index in [-0.39, 0.29) is 30.5 Å². The smallest absolute Gasteiger partial charge is 0.335 e. The number of carbonyl (C=O) groups is 3. The van der Waals surface area contributed by atoms with Gasteiger partial charge in [-0.25, -0.2) is 14.1 Å². The van der Waals surface area contributed by atoms with E-state index in [2.05, 4.69) is 37.2 Å². The van der Waals surface area contributed by atoms with Gasteiger partial charge in [0.15, 0.2) is 11.5 Å². The van der Waals surface area contributed by atoms with E-state index in [0.29, 0.717) is 37.3 Å². The minimum atomic E-state index is -0.875. The van der Waals surface area contributed by atoms with Crippen LogP contribution < -0.4 is 24.4 Å². The molecule has 2 aliphatic heterocycles. The fourth-order valence-corrected chi connectivity index (χ4v) is 5.10. The Morgan fingerprint density at radius 2 is 1.72 bits per heavy atom. The molecule has 3 aromatic carbocycles. The lowest BCUT2D eigenvalue weighted by Crippen LogP contribution is -2.54. The van der Waals surface area contributed by atoms with E-state index in [0.717, 1.165) is 4.90 Å². The number of hydrogen-bond acceptors (Lipinski definition) is 6. The molecule has 182 valence electrons. The number of amides is 4. The molecule has 8 nitrogen and oxygen atoms in total. The molecule has 11 heteroatoms. The Morgan fingerprint density at radius 3 is 2.47 bits per heavy atom. The Labute approximate surface area is 220 Å². The number of ether oxygens (including phenoxy) is 3. The number of halogens is 3. The maximum absolute atomic E-state index is 13.9. The van der Waals surface area contributed by atoms with Gasteiger partial charge in [0, 0.05) is 11.6 Å². The maximum atomic E-state index is 13.9. The van der Waals surface area contributed by atoms with Gasteiger partial charge >= 0.3 is 6.03 Å². The van der Waals surface area contributed by atoms with Crippen molar-refractivity contribution in [1.82, 2.24) is 5.32 Å². The fraction of sp³-hybridized carbons (Fsp3) is 0.0800. The molecular weight excluding hydrogens is 603 g/mol. The molecule has 36 heavy (non-hydrogen) atoms. The van der Waals surface area contributed by atoms with E-state index in [4.69, 9.17) is 14.2 Å². The number of rotatable bonds is 5. The second kappa shape index (κ2) is 9.75. The van der Waals surface area contributed by atoms with Crippen molar-refractivity contribution >= 4 is 61.5 Å². The van der Waals surface area contributed by atoms with Crippen LogP contribution in [0.1, 0.15) is 11.1 Å². The molecule has 1 saturated heterocycles. The first kappa shape index (κ1) is 24.0. The average Bonchev–Trinajstić information content (AvgIpc) is 3.30. The van der Waals surface area contributed by atoms with E-state index < -0.39 is 17.8 Å². The van der Waals surface area contributed by atoms with Crippen molar-refractivity contribution in [2.75, 3.05) is 11.7 Å². The first-order valence-electron chi connectivity index (χ1n) is 10.5. The average molecular weight is 618 g/mol. The largest absolute Gasteiger partial charge is 0.486 e. The normalized spacial score (nSPS) is 15.9. The number of carbonyl (C=O) groups excluding carboxylic acids is 3. The van der Waals surface area contributed by atoms with Crippen molar-refractivity contribution in [3.8, 4) is 17.2 Å². The van der Waals surface area contributed by atoms with Crippen LogP contribution in [0.2, 0.25) is 0 Å². The fourth-order valence-electron chi connectivity index (χ4n) is 3.65. The summed E-state index contributed by atoms with van der Waals surface area (Å²) >= 11 is 6.84. The summed E-state index contributed by atoms with van der Waals surface area (Å²) in [7, 11) is 0. The number of nitrogens with zero attached hydrogens (tertiary/aromatic N) is 1. The van der Waals surface area contributed by atoms with E-state index in [1.54, 1.807) is 36.4 Å². The van der Waals surface area contributed by atoms with E-state index in [9.17, 15) is 18.8 Å². The van der Waals surface area contributed by atoms with Crippen LogP contribution in [0, 0.1) is 5.82 Å². The summed E-state index contributed by atoms with van der Waals surface area (Å²) in [5.74, 6) is -0.716. The number of hydrogen-bond donors (Lipinski definition) is 1. The van der Waals surface area contributed by atoms with Crippen molar-refractivity contribution in [3.05, 3.63) is 86.1 Å². The van der Waals surface area contributed by atoms with Crippen LogP contribution in [0.5, 0.6) is 17.2 Å². The molecule has 1 fully saturated rings. The molecule has 0 atom stereocenters. The van der Waals surface area contributed by atoms with Gasteiger partial charge in [0.05, 0.1) is 14.6 Å². The molecule has 0 unspecified atom stereocenters. The summed E-state index contributed by atoms with van der Waals surface area (Å²) in [6.45, 7) is 0.0319. The molecule has 0 aromatic heterocycles. The van der Waals surface area contributed by atoms with Crippen molar-refractivity contribution < 1.29 is 33.0 Å². The first-order chi connectivity index (χ1) is 17.3. The Bertz CT molecular complexity index is 1440. The standard InChI is InChI=1S/C25H15Br2FN2O6/c26-17-8-13(9-18(27)22(17)34-11-14-3-1-2-4-19(14)28)7-16-23(31)29-25(33)30(24(16)32)15-5-6-20-21(10-15)36-12-35-20/h1-10H,11-12H2,(H,29,31,33)/b16-7+. The van der Waals surface area contributed by atoms with Crippen molar-refractivity contribution in [1.29, 1.82) is 0 Å². The van der Waals surface area contributed by atoms with Crippen LogP contribution in [-0.4, -0.2) is 24.6 Å². The van der Waals surface area contributed by atoms with Crippen molar-refractivity contribution in [2.24, 2.45) is 0 Å². The molecule has 2 heterocycles. The van der Waals surface area contributed by atoms with Gasteiger partial charge in [-0.3, -0.25) is 14.9 Å². The number of imide groups is 2. The quantitative estimate of drug-likeness (QED) is 0.307. The molecule has 1 N–H and O–H groups in total. The van der Waals surface area contributed by atoms with Crippen molar-refractivity contribution in [3.63, 3.8) is 0 Å². The minimum absolute atomic E-state index is 0.00218. The molecule has 4 amide bonds. The minimum Gasteiger partial charge on any atom is -0.486 e. The lowest BCUT2D eigenvalue weighted by molar-refractivity contribution is -0.122. The van der Waals surface area contributed by atoms with Crippen LogP contribution in [0.4, 0.5) is 14.9 Å². The summed E-state index contributed by atoms with van der Waals surface area (Å²) < 4.78 is 31.3. The summed E-state index contributed by atoms with van der Waals surface area (Å²) in [5, 5.41) is 2.18. The highest BCUT2D eigenvalue weighted by Gasteiger charge is 2.37. The van der Waals surface area contributed by atoms with Gasteiger partial charge in [0.1, 0.15) is 23.7 Å². The van der Waals surface area contributed by atoms with E-state index >= 15 is 0 Å². The van der Waals surface area contributed by atoms with Crippen LogP contribution in [-0.2, 0) is 16.2 Å². The molecule has 0 saturated carbocycles. The van der Waals surface area contributed by atoms with Crippen molar-refractivity contribution in [2.45, 2.75) is 6.61 Å². The van der Waals surface area contributed by atoms with Gasteiger partial charge in [-0.1, -0.05) is 18.2 Å². The lowest BCUT2D eigenvalue weighted by Gasteiger charge is -2.26. The Morgan fingerprint density at radius 1 is 1.00 bits per heavy atom. The third-order valence-corrected chi connectivity index (χ3v) is 6.56. The monoisotopic (exact) mass is 616 g/mol. The predicted octanol–water partition coefficient (Wildman–Crippen LogP) is 5.32. The van der Waals surface area contributed by atoms with Gasteiger partial charge in [-0.15, -0.1) is 0 Å². The van der Waals surface area contributed by atoms with Gasteiger partial charge < -0.3 is 14.2 Å². The lowest BCUT2D eigenvalue weighted by atomic mass is 10.1. The molecule has 0 radical (unpaired) electrons. The van der Waals surface area contributed by atoms with Gasteiger partial charge in [0.2, 0.25) is 6.79 Å². The van der Waals surface area contributed by atoms with Gasteiger partial charge in [0.25, 0.3) is 11.8 Å². The maximum Gasteiger partial charge on any atom is 0.335 e. The summed E-state index contributed by atoms with van der Waals surface area (Å²) in [5.41, 5.74) is 0.844. The van der Waals surface area contributed by atoms with Gasteiger partial charge in [-0.2, -0.15) is 0 Å². The molecule has 2 aliphatic rings. The van der Waals surface area contributed by atoms with E-state index in [1.165, 1.54) is 24.3 Å². The topological polar surface area (TPSA) is 94.2 Å². The highest BCUT2D eigenvalue weighted by molar-refractivity contribution is 9.11. The van der Waals surface area contributed by atoms with Crippen LogP contribution in [0.3, 0.4) is 0 Å². The number of nitrogens with one attached hydrogen (secondary N) is 1. The molecule has 0 spiro atoms. The number of urea groups is 1. The third kappa shape index (κ3) is 4.59. The zero-order valence-corrected chi connectivity index (χ0v) is 21.4. The molecule has 0 aliphatic carbocycles. The molecule has 0 bridgehead atoms. The Balaban J connectivity index is 1.42. The second-order valence-electron chi connectivity index (χ2n) is 7.69. The molecule has 5 rings (SSSR count). The Hall–Kier alpha value is -3.70. The number of barbiturate groups is 1. The third-order valence-electron chi connectivity index (χ3n) is 5.38. The Kier molecular flexibility index (Phi) is 6.50. The van der Waals surface area contributed by atoms with E-state index in [1.807, 2.05) is 0 Å². The van der Waals surface area contributed by atoms with Crippen LogP contribution >= 0.6 is 31.9 Å². The number of benzene rings is 3. The highest BCUT2D eigenvalue weighted by Crippen LogP contribution is 2.38. The number of fused-ring (bicyclic) bond motifs is 1. The summed E-state index contributed by atoms with van der Waals surface area (Å²) in [6.07, 6.45) is 1.36. The summed E-state index contributed by atoms with van der Waals surface area (Å²) in [4.78, 5) is 39.1. The molecule has 3 aromatic rings. The highest BCUT2D eigenvalue weighted by atomic mass is 79.9. The number of anilines is 1. The SMILES string of the molecule is O=C1NC(=O)N(c2ccc3c(c2)OCO3)C(=O)/C1=C/c1cc(Br)c(OCc2ccccc2F)c(Br)c1. The van der Waals surface area contributed by atoms with Crippen LogP contribution in [0.15, 0.2) is 69.1 Å². The second-order valence-corrected chi connectivity index (χ2v) is 9.40. The summed E-state index contributed by atoms with van der Waals surface area (Å²) in [6, 6.07) is 13.3. The van der Waals surface area contributed by atoms with Gasteiger partial charge in [-0.05, 0) is 73.8 Å².